The number of benzene rings is 1. The van der Waals surface area contributed by atoms with Gasteiger partial charge in [0.25, 0.3) is 0 Å². The fraction of sp³-hybridized carbons (Fsp3) is 0.562. The van der Waals surface area contributed by atoms with Gasteiger partial charge in [0.15, 0.2) is 5.96 Å². The Morgan fingerprint density at radius 1 is 1.19 bits per heavy atom. The Morgan fingerprint density at radius 2 is 1.90 bits per heavy atom. The van der Waals surface area contributed by atoms with Crippen LogP contribution < -0.4 is 10.6 Å². The molecule has 0 aliphatic heterocycles. The van der Waals surface area contributed by atoms with E-state index in [9.17, 15) is 0 Å². The molecular formula is C16H26IN3S. The fourth-order valence-corrected chi connectivity index (χ4v) is 2.87. The average Bonchev–Trinajstić information content (AvgIpc) is 3.31. The third-order valence-corrected chi connectivity index (χ3v) is 4.42. The number of nitrogens with zero attached hydrogens (tertiary/aromatic N) is 1. The average molecular weight is 419 g/mol. The molecule has 0 bridgehead atoms. The normalized spacial score (nSPS) is 14.4. The van der Waals surface area contributed by atoms with Gasteiger partial charge in [0.1, 0.15) is 0 Å². The van der Waals surface area contributed by atoms with Gasteiger partial charge in [-0.15, -0.1) is 35.7 Å². The summed E-state index contributed by atoms with van der Waals surface area (Å²) in [6, 6.07) is 10.5. The van der Waals surface area contributed by atoms with Crippen LogP contribution in [0.25, 0.3) is 0 Å². The first-order chi connectivity index (χ1) is 9.88. The maximum atomic E-state index is 4.25. The van der Waals surface area contributed by atoms with Crippen molar-refractivity contribution in [2.45, 2.75) is 30.6 Å². The van der Waals surface area contributed by atoms with Crippen LogP contribution in [0.5, 0.6) is 0 Å². The Morgan fingerprint density at radius 3 is 2.57 bits per heavy atom. The van der Waals surface area contributed by atoms with Crippen LogP contribution in [0.3, 0.4) is 0 Å². The molecule has 1 saturated carbocycles. The molecule has 1 fully saturated rings. The van der Waals surface area contributed by atoms with Gasteiger partial charge in [0.05, 0.1) is 0 Å². The van der Waals surface area contributed by atoms with Crippen molar-refractivity contribution in [3.63, 3.8) is 0 Å². The van der Waals surface area contributed by atoms with Crippen LogP contribution in [-0.2, 0) is 0 Å². The van der Waals surface area contributed by atoms with Crippen LogP contribution in [0.2, 0.25) is 0 Å². The highest BCUT2D eigenvalue weighted by Gasteiger charge is 2.19. The summed E-state index contributed by atoms with van der Waals surface area (Å²) < 4.78 is 0. The minimum Gasteiger partial charge on any atom is -0.356 e. The Balaban J connectivity index is 0.00000220. The Kier molecular flexibility index (Phi) is 9.91. The summed E-state index contributed by atoms with van der Waals surface area (Å²) in [4.78, 5) is 5.57. The molecule has 2 N–H and O–H groups in total. The van der Waals surface area contributed by atoms with Crippen molar-refractivity contribution in [2.24, 2.45) is 10.9 Å². The number of hydrogen-bond acceptors (Lipinski definition) is 2. The van der Waals surface area contributed by atoms with Crippen LogP contribution >= 0.6 is 35.7 Å². The number of hydrogen-bond donors (Lipinski definition) is 2. The molecule has 0 aromatic heterocycles. The summed E-state index contributed by atoms with van der Waals surface area (Å²) >= 11 is 1.87. The highest BCUT2D eigenvalue weighted by Crippen LogP contribution is 2.33. The molecule has 5 heteroatoms. The highest BCUT2D eigenvalue weighted by molar-refractivity contribution is 14.0. The third kappa shape index (κ3) is 8.56. The zero-order valence-corrected chi connectivity index (χ0v) is 15.8. The lowest BCUT2D eigenvalue weighted by atomic mass is 10.2. The summed E-state index contributed by atoms with van der Waals surface area (Å²) in [5.41, 5.74) is 0. The first kappa shape index (κ1) is 18.6. The van der Waals surface area contributed by atoms with Gasteiger partial charge in [-0.3, -0.25) is 4.99 Å². The lowest BCUT2D eigenvalue weighted by Gasteiger charge is -2.11. The predicted octanol–water partition coefficient (Wildman–Crippen LogP) is 3.75. The molecule has 1 aromatic rings. The van der Waals surface area contributed by atoms with Crippen molar-refractivity contribution in [2.75, 3.05) is 25.9 Å². The van der Waals surface area contributed by atoms with Crippen molar-refractivity contribution in [3.8, 4) is 0 Å². The molecule has 2 rings (SSSR count). The molecule has 0 heterocycles. The van der Waals surface area contributed by atoms with E-state index in [4.69, 9.17) is 0 Å². The summed E-state index contributed by atoms with van der Waals surface area (Å²) in [5, 5.41) is 6.74. The predicted molar refractivity (Wildman–Crippen MR) is 104 cm³/mol. The molecule has 3 nitrogen and oxygen atoms in total. The van der Waals surface area contributed by atoms with E-state index in [0.717, 1.165) is 30.7 Å². The minimum absolute atomic E-state index is 0. The van der Waals surface area contributed by atoms with E-state index in [0.29, 0.717) is 0 Å². The second kappa shape index (κ2) is 11.2. The van der Waals surface area contributed by atoms with Crippen molar-refractivity contribution < 1.29 is 0 Å². The topological polar surface area (TPSA) is 36.4 Å². The molecule has 0 unspecified atom stereocenters. The largest absolute Gasteiger partial charge is 0.356 e. The van der Waals surface area contributed by atoms with Crippen LogP contribution in [0.4, 0.5) is 0 Å². The lowest BCUT2D eigenvalue weighted by Crippen LogP contribution is -2.38. The maximum Gasteiger partial charge on any atom is 0.191 e. The molecule has 1 aromatic carbocycles. The summed E-state index contributed by atoms with van der Waals surface area (Å²) in [7, 11) is 1.83. The number of guanidine groups is 1. The summed E-state index contributed by atoms with van der Waals surface area (Å²) in [6.45, 7) is 1.96. The number of aliphatic imine (C=N–C) groups is 1. The van der Waals surface area contributed by atoms with Gasteiger partial charge < -0.3 is 10.6 Å². The molecule has 118 valence electrons. The van der Waals surface area contributed by atoms with Crippen molar-refractivity contribution in [1.29, 1.82) is 0 Å². The van der Waals surface area contributed by atoms with E-state index >= 15 is 0 Å². The maximum absolute atomic E-state index is 4.25. The molecule has 0 amide bonds. The number of nitrogens with one attached hydrogen (secondary N) is 2. The van der Waals surface area contributed by atoms with Crippen molar-refractivity contribution in [1.82, 2.24) is 10.6 Å². The van der Waals surface area contributed by atoms with Gasteiger partial charge in [0, 0.05) is 30.8 Å². The SMILES string of the molecule is CN=C(NCCCC1CC1)NCCSc1ccccc1.I. The van der Waals surface area contributed by atoms with Gasteiger partial charge in [0.2, 0.25) is 0 Å². The Hall–Kier alpha value is -0.430. The fourth-order valence-electron chi connectivity index (χ4n) is 2.08. The van der Waals surface area contributed by atoms with Crippen molar-refractivity contribution >= 4 is 41.7 Å². The van der Waals surface area contributed by atoms with Gasteiger partial charge in [-0.05, 0) is 30.9 Å². The first-order valence-electron chi connectivity index (χ1n) is 7.51. The van der Waals surface area contributed by atoms with Crippen LogP contribution in [0.1, 0.15) is 25.7 Å². The standard InChI is InChI=1S/C16H25N3S.HI/c1-17-16(18-11-5-6-14-9-10-14)19-12-13-20-15-7-3-2-4-8-15;/h2-4,7-8,14H,5-6,9-13H2,1H3,(H2,17,18,19);1H. The smallest absolute Gasteiger partial charge is 0.191 e. The van der Waals surface area contributed by atoms with Gasteiger partial charge in [-0.1, -0.05) is 31.0 Å². The molecular weight excluding hydrogens is 393 g/mol. The summed E-state index contributed by atoms with van der Waals surface area (Å²) in [5.74, 6) is 3.00. The Bertz CT molecular complexity index is 407. The van der Waals surface area contributed by atoms with Crippen molar-refractivity contribution in [3.05, 3.63) is 30.3 Å². The quantitative estimate of drug-likeness (QED) is 0.222. The van der Waals surface area contributed by atoms with E-state index < -0.39 is 0 Å². The molecule has 0 spiro atoms. The molecule has 0 radical (unpaired) electrons. The minimum atomic E-state index is 0. The molecule has 1 aliphatic rings. The van der Waals surface area contributed by atoms with E-state index in [1.807, 2.05) is 18.8 Å². The van der Waals surface area contributed by atoms with Crippen LogP contribution in [0.15, 0.2) is 40.2 Å². The number of thioether (sulfide) groups is 1. The lowest BCUT2D eigenvalue weighted by molar-refractivity contribution is 0.646. The number of rotatable bonds is 8. The molecule has 0 saturated heterocycles. The molecule has 21 heavy (non-hydrogen) atoms. The second-order valence-corrected chi connectivity index (χ2v) is 6.34. The third-order valence-electron chi connectivity index (χ3n) is 3.41. The zero-order valence-electron chi connectivity index (χ0n) is 12.7. The monoisotopic (exact) mass is 419 g/mol. The zero-order chi connectivity index (χ0) is 14.0. The van der Waals surface area contributed by atoms with E-state index in [2.05, 4.69) is 46.0 Å². The van der Waals surface area contributed by atoms with E-state index in [1.54, 1.807) is 0 Å². The van der Waals surface area contributed by atoms with Crippen LogP contribution in [0, 0.1) is 5.92 Å². The molecule has 0 atom stereocenters. The summed E-state index contributed by atoms with van der Waals surface area (Å²) in [6.07, 6.45) is 5.52. The highest BCUT2D eigenvalue weighted by atomic mass is 127. The first-order valence-corrected chi connectivity index (χ1v) is 8.49. The molecule has 1 aliphatic carbocycles. The van der Waals surface area contributed by atoms with Gasteiger partial charge in [-0.2, -0.15) is 0 Å². The number of halogens is 1. The van der Waals surface area contributed by atoms with E-state index in [1.165, 1.54) is 30.6 Å². The van der Waals surface area contributed by atoms with Gasteiger partial charge in [-0.25, -0.2) is 0 Å². The Labute approximate surface area is 149 Å². The van der Waals surface area contributed by atoms with Crippen LogP contribution in [-0.4, -0.2) is 31.8 Å². The second-order valence-electron chi connectivity index (χ2n) is 5.17. The van der Waals surface area contributed by atoms with E-state index in [-0.39, 0.29) is 24.0 Å². The van der Waals surface area contributed by atoms with Gasteiger partial charge >= 0.3 is 0 Å².